The first-order valence-corrected chi connectivity index (χ1v) is 7.43. The molecule has 0 unspecified atom stereocenters. The number of carboxylic acids is 1. The van der Waals surface area contributed by atoms with Gasteiger partial charge >= 0.3 is 5.97 Å². The molecule has 1 aromatic rings. The second kappa shape index (κ2) is 8.45. The third-order valence-electron chi connectivity index (χ3n) is 3.33. The van der Waals surface area contributed by atoms with E-state index in [1.807, 2.05) is 13.8 Å². The number of nitrogens with zero attached hydrogens (tertiary/aromatic N) is 1. The minimum absolute atomic E-state index is 0.219. The van der Waals surface area contributed by atoms with E-state index >= 15 is 0 Å². The predicted molar refractivity (Wildman–Crippen MR) is 85.1 cm³/mol. The average Bonchev–Trinajstić information content (AvgIpc) is 2.42. The molecule has 4 heteroatoms. The number of anilines is 1. The molecular formula is C17H24FNO2. The molecule has 1 rings (SSSR count). The van der Waals surface area contributed by atoms with Crippen LogP contribution in [0, 0.1) is 5.82 Å². The van der Waals surface area contributed by atoms with Crippen molar-refractivity contribution in [2.24, 2.45) is 0 Å². The van der Waals surface area contributed by atoms with E-state index in [9.17, 15) is 9.18 Å². The van der Waals surface area contributed by atoms with Crippen molar-refractivity contribution >= 4 is 17.7 Å². The van der Waals surface area contributed by atoms with E-state index in [1.54, 1.807) is 12.1 Å². The van der Waals surface area contributed by atoms with Gasteiger partial charge in [0, 0.05) is 18.7 Å². The van der Waals surface area contributed by atoms with Crippen LogP contribution in [0.4, 0.5) is 10.1 Å². The Balaban J connectivity index is 2.91. The Morgan fingerprint density at radius 3 is 2.62 bits per heavy atom. The summed E-state index contributed by atoms with van der Waals surface area (Å²) in [6, 6.07) is 5.07. The molecule has 0 bridgehead atoms. The van der Waals surface area contributed by atoms with Crippen molar-refractivity contribution in [1.82, 2.24) is 0 Å². The van der Waals surface area contributed by atoms with Crippen molar-refractivity contribution in [3.8, 4) is 0 Å². The van der Waals surface area contributed by atoms with Gasteiger partial charge in [-0.25, -0.2) is 9.18 Å². The molecular weight excluding hydrogens is 269 g/mol. The van der Waals surface area contributed by atoms with E-state index in [-0.39, 0.29) is 11.9 Å². The van der Waals surface area contributed by atoms with Gasteiger partial charge < -0.3 is 10.0 Å². The predicted octanol–water partition coefficient (Wildman–Crippen LogP) is 4.33. The molecule has 21 heavy (non-hydrogen) atoms. The fourth-order valence-electron chi connectivity index (χ4n) is 2.22. The average molecular weight is 293 g/mol. The van der Waals surface area contributed by atoms with Gasteiger partial charge in [0.05, 0.1) is 5.69 Å². The van der Waals surface area contributed by atoms with E-state index in [4.69, 9.17) is 5.11 Å². The molecule has 116 valence electrons. The Hall–Kier alpha value is -1.84. The van der Waals surface area contributed by atoms with E-state index in [0.717, 1.165) is 31.9 Å². The minimum atomic E-state index is -1.04. The van der Waals surface area contributed by atoms with Crippen LogP contribution >= 0.6 is 0 Å². The summed E-state index contributed by atoms with van der Waals surface area (Å²) < 4.78 is 14.3. The monoisotopic (exact) mass is 293 g/mol. The molecule has 0 radical (unpaired) electrons. The fraction of sp³-hybridized carbons (Fsp3) is 0.471. The van der Waals surface area contributed by atoms with Crippen LogP contribution in [0.2, 0.25) is 0 Å². The largest absolute Gasteiger partial charge is 0.478 e. The molecule has 0 aliphatic rings. The molecule has 0 saturated carbocycles. The zero-order chi connectivity index (χ0) is 15.8. The summed E-state index contributed by atoms with van der Waals surface area (Å²) in [6.45, 7) is 7.06. The molecule has 0 fully saturated rings. The van der Waals surface area contributed by atoms with Gasteiger partial charge in [0.1, 0.15) is 5.82 Å². The van der Waals surface area contributed by atoms with Crippen molar-refractivity contribution in [3.05, 3.63) is 35.7 Å². The summed E-state index contributed by atoms with van der Waals surface area (Å²) >= 11 is 0. The summed E-state index contributed by atoms with van der Waals surface area (Å²) in [5, 5.41) is 8.59. The van der Waals surface area contributed by atoms with Crippen LogP contribution in [0.15, 0.2) is 24.3 Å². The normalized spacial score (nSPS) is 11.3. The van der Waals surface area contributed by atoms with Crippen molar-refractivity contribution in [3.63, 3.8) is 0 Å². The zero-order valence-electron chi connectivity index (χ0n) is 13.0. The van der Waals surface area contributed by atoms with Crippen molar-refractivity contribution in [2.75, 3.05) is 11.4 Å². The van der Waals surface area contributed by atoms with Gasteiger partial charge in [-0.1, -0.05) is 25.8 Å². The number of hydrogen-bond acceptors (Lipinski definition) is 2. The van der Waals surface area contributed by atoms with Crippen molar-refractivity contribution in [1.29, 1.82) is 0 Å². The zero-order valence-corrected chi connectivity index (χ0v) is 13.0. The molecule has 0 atom stereocenters. The number of benzene rings is 1. The van der Waals surface area contributed by atoms with Gasteiger partial charge in [-0.2, -0.15) is 0 Å². The number of aliphatic carboxylic acids is 1. The van der Waals surface area contributed by atoms with Crippen LogP contribution in [0.5, 0.6) is 0 Å². The smallest absolute Gasteiger partial charge is 0.328 e. The topological polar surface area (TPSA) is 40.5 Å². The Labute approximate surface area is 126 Å². The molecule has 3 nitrogen and oxygen atoms in total. The van der Waals surface area contributed by atoms with Crippen LogP contribution in [0.3, 0.4) is 0 Å². The molecule has 1 aromatic carbocycles. The highest BCUT2D eigenvalue weighted by Gasteiger charge is 2.14. The Bertz CT molecular complexity index is 498. The molecule has 0 aliphatic heterocycles. The van der Waals surface area contributed by atoms with Crippen LogP contribution in [-0.2, 0) is 4.79 Å². The number of hydrogen-bond donors (Lipinski definition) is 1. The second-order valence-corrected chi connectivity index (χ2v) is 5.38. The summed E-state index contributed by atoms with van der Waals surface area (Å²) in [5.74, 6) is -1.35. The lowest BCUT2D eigenvalue weighted by atomic mass is 10.1. The van der Waals surface area contributed by atoms with Gasteiger partial charge in [0.25, 0.3) is 0 Å². The highest BCUT2D eigenvalue weighted by molar-refractivity contribution is 5.85. The third-order valence-corrected chi connectivity index (χ3v) is 3.33. The van der Waals surface area contributed by atoms with Crippen LogP contribution in [0.25, 0.3) is 6.08 Å². The number of carboxylic acid groups (broad SMARTS) is 1. The Kier molecular flexibility index (Phi) is 6.92. The summed E-state index contributed by atoms with van der Waals surface area (Å²) in [4.78, 5) is 12.5. The summed E-state index contributed by atoms with van der Waals surface area (Å²) in [6.07, 6.45) is 5.70. The fourth-order valence-corrected chi connectivity index (χ4v) is 2.22. The van der Waals surface area contributed by atoms with Gasteiger partial charge in [0.2, 0.25) is 0 Å². The maximum Gasteiger partial charge on any atom is 0.328 e. The van der Waals surface area contributed by atoms with Gasteiger partial charge in [-0.3, -0.25) is 0 Å². The van der Waals surface area contributed by atoms with Crippen LogP contribution in [-0.4, -0.2) is 23.7 Å². The third kappa shape index (κ3) is 5.58. The highest BCUT2D eigenvalue weighted by atomic mass is 19.1. The second-order valence-electron chi connectivity index (χ2n) is 5.38. The molecule has 1 N–H and O–H groups in total. The lowest BCUT2D eigenvalue weighted by molar-refractivity contribution is -0.131. The number of carbonyl (C=O) groups is 1. The Morgan fingerprint density at radius 2 is 2.10 bits per heavy atom. The summed E-state index contributed by atoms with van der Waals surface area (Å²) in [7, 11) is 0. The van der Waals surface area contributed by atoms with Crippen LogP contribution < -0.4 is 4.90 Å². The number of unbranched alkanes of at least 4 members (excludes halogenated alkanes) is 2. The minimum Gasteiger partial charge on any atom is -0.478 e. The lowest BCUT2D eigenvalue weighted by Gasteiger charge is -2.29. The van der Waals surface area contributed by atoms with Gasteiger partial charge in [-0.15, -0.1) is 0 Å². The number of halogens is 1. The van der Waals surface area contributed by atoms with Gasteiger partial charge in [-0.05, 0) is 44.0 Å². The lowest BCUT2D eigenvalue weighted by Crippen LogP contribution is -2.32. The van der Waals surface area contributed by atoms with E-state index in [0.29, 0.717) is 11.3 Å². The molecule has 0 aromatic heterocycles. The standard InChI is InChI=1S/C17H24FNO2/c1-4-5-6-11-19(13(2)3)16-9-7-14(12-15(16)18)8-10-17(20)21/h7-10,12-13H,4-6,11H2,1-3H3,(H,20,21). The van der Waals surface area contributed by atoms with Crippen LogP contribution in [0.1, 0.15) is 45.6 Å². The van der Waals surface area contributed by atoms with E-state index in [2.05, 4.69) is 11.8 Å². The van der Waals surface area contributed by atoms with E-state index in [1.165, 1.54) is 12.1 Å². The maximum absolute atomic E-state index is 14.3. The summed E-state index contributed by atoms with van der Waals surface area (Å²) in [5.41, 5.74) is 1.13. The quantitative estimate of drug-likeness (QED) is 0.573. The number of rotatable bonds is 8. The molecule has 0 aliphatic carbocycles. The molecule has 0 amide bonds. The first-order valence-electron chi connectivity index (χ1n) is 7.43. The van der Waals surface area contributed by atoms with E-state index < -0.39 is 5.97 Å². The first-order chi connectivity index (χ1) is 9.95. The van der Waals surface area contributed by atoms with Crippen molar-refractivity contribution < 1.29 is 14.3 Å². The highest BCUT2D eigenvalue weighted by Crippen LogP contribution is 2.24. The molecule has 0 saturated heterocycles. The Morgan fingerprint density at radius 1 is 1.38 bits per heavy atom. The van der Waals surface area contributed by atoms with Gasteiger partial charge in [0.15, 0.2) is 0 Å². The first kappa shape index (κ1) is 17.2. The SMILES string of the molecule is CCCCCN(c1ccc(C=CC(=O)O)cc1F)C(C)C. The molecule has 0 heterocycles. The maximum atomic E-state index is 14.3. The van der Waals surface area contributed by atoms with Crippen molar-refractivity contribution in [2.45, 2.75) is 46.1 Å². The molecule has 0 spiro atoms.